The van der Waals surface area contributed by atoms with E-state index in [9.17, 15) is 13.2 Å². The number of halogens is 3. The highest BCUT2D eigenvalue weighted by Gasteiger charge is 2.30. The number of rotatable bonds is 5. The minimum absolute atomic E-state index is 0.372. The van der Waals surface area contributed by atoms with E-state index in [1.54, 1.807) is 6.07 Å². The highest BCUT2D eigenvalue weighted by atomic mass is 19.4. The third kappa shape index (κ3) is 4.89. The van der Waals surface area contributed by atoms with E-state index in [-0.39, 0.29) is 0 Å². The van der Waals surface area contributed by atoms with Crippen molar-refractivity contribution in [2.75, 3.05) is 6.61 Å². The summed E-state index contributed by atoms with van der Waals surface area (Å²) in [6.07, 6.45) is -1.18. The Morgan fingerprint density at radius 3 is 2.76 bits per heavy atom. The fourth-order valence-electron chi connectivity index (χ4n) is 1.16. The lowest BCUT2D eigenvalue weighted by Crippen LogP contribution is -2.05. The first kappa shape index (κ1) is 13.5. The fraction of sp³-hybridized carbons (Fsp3) is 0.417. The van der Waals surface area contributed by atoms with Gasteiger partial charge in [-0.1, -0.05) is 30.6 Å². The van der Waals surface area contributed by atoms with Crippen molar-refractivity contribution in [1.82, 2.24) is 0 Å². The maximum Gasteiger partial charge on any atom is 0.416 e. The Hall–Kier alpha value is -1.52. The van der Waals surface area contributed by atoms with Gasteiger partial charge in [-0.05, 0) is 24.1 Å². The summed E-state index contributed by atoms with van der Waals surface area (Å²) in [5, 5.41) is 3.61. The van der Waals surface area contributed by atoms with Crippen molar-refractivity contribution in [3.05, 3.63) is 35.4 Å². The maximum atomic E-state index is 12.4. The van der Waals surface area contributed by atoms with E-state index in [2.05, 4.69) is 5.16 Å². The number of benzene rings is 1. The van der Waals surface area contributed by atoms with Crippen molar-refractivity contribution in [3.63, 3.8) is 0 Å². The molecule has 0 spiro atoms. The van der Waals surface area contributed by atoms with Crippen molar-refractivity contribution >= 4 is 6.21 Å². The van der Waals surface area contributed by atoms with Gasteiger partial charge in [0.2, 0.25) is 0 Å². The van der Waals surface area contributed by atoms with Gasteiger partial charge >= 0.3 is 6.18 Å². The topological polar surface area (TPSA) is 21.6 Å². The van der Waals surface area contributed by atoms with Gasteiger partial charge in [0.25, 0.3) is 0 Å². The summed E-state index contributed by atoms with van der Waals surface area (Å²) in [4.78, 5) is 4.89. The minimum Gasteiger partial charge on any atom is -0.396 e. The van der Waals surface area contributed by atoms with E-state index in [4.69, 9.17) is 4.84 Å². The van der Waals surface area contributed by atoms with E-state index < -0.39 is 11.7 Å². The summed E-state index contributed by atoms with van der Waals surface area (Å²) in [7, 11) is 0. The molecule has 94 valence electrons. The minimum atomic E-state index is -4.33. The van der Waals surface area contributed by atoms with Gasteiger partial charge in [-0.25, -0.2) is 0 Å². The molecule has 1 rings (SSSR count). The predicted octanol–water partition coefficient (Wildman–Crippen LogP) is 3.86. The Kier molecular flexibility index (Phi) is 5.00. The van der Waals surface area contributed by atoms with Gasteiger partial charge in [-0.2, -0.15) is 13.2 Å². The second-order valence-corrected chi connectivity index (χ2v) is 3.54. The van der Waals surface area contributed by atoms with E-state index in [0.29, 0.717) is 12.2 Å². The molecule has 0 N–H and O–H groups in total. The monoisotopic (exact) mass is 245 g/mol. The first-order valence-electron chi connectivity index (χ1n) is 5.36. The lowest BCUT2D eigenvalue weighted by atomic mass is 10.1. The molecular formula is C12H14F3NO. The van der Waals surface area contributed by atoms with Crippen LogP contribution in [0.15, 0.2) is 29.4 Å². The Morgan fingerprint density at radius 1 is 1.35 bits per heavy atom. The molecule has 0 heterocycles. The van der Waals surface area contributed by atoms with Gasteiger partial charge in [0.1, 0.15) is 6.61 Å². The first-order valence-corrected chi connectivity index (χ1v) is 5.36. The maximum absolute atomic E-state index is 12.4. The predicted molar refractivity (Wildman–Crippen MR) is 59.9 cm³/mol. The molecule has 0 aliphatic carbocycles. The van der Waals surface area contributed by atoms with Crippen LogP contribution in [0.1, 0.15) is 30.9 Å². The number of hydrogen-bond donors (Lipinski definition) is 0. The lowest BCUT2D eigenvalue weighted by molar-refractivity contribution is -0.137. The zero-order valence-corrected chi connectivity index (χ0v) is 9.50. The molecule has 17 heavy (non-hydrogen) atoms. The molecule has 5 heteroatoms. The third-order valence-electron chi connectivity index (χ3n) is 2.08. The van der Waals surface area contributed by atoms with E-state index in [1.807, 2.05) is 6.92 Å². The van der Waals surface area contributed by atoms with E-state index in [0.717, 1.165) is 25.0 Å². The zero-order chi connectivity index (χ0) is 12.7. The van der Waals surface area contributed by atoms with Crippen LogP contribution in [0.3, 0.4) is 0 Å². The molecule has 0 unspecified atom stereocenters. The van der Waals surface area contributed by atoms with Gasteiger partial charge in [-0.15, -0.1) is 0 Å². The average Bonchev–Trinajstić information content (AvgIpc) is 2.28. The summed E-state index contributed by atoms with van der Waals surface area (Å²) >= 11 is 0. The van der Waals surface area contributed by atoms with Gasteiger partial charge < -0.3 is 4.84 Å². The number of hydrogen-bond acceptors (Lipinski definition) is 2. The van der Waals surface area contributed by atoms with Crippen molar-refractivity contribution < 1.29 is 18.0 Å². The van der Waals surface area contributed by atoms with Gasteiger partial charge in [-0.3, -0.25) is 0 Å². The second-order valence-electron chi connectivity index (χ2n) is 3.54. The van der Waals surface area contributed by atoms with Crippen LogP contribution in [0.4, 0.5) is 13.2 Å². The Labute approximate surface area is 98.1 Å². The number of alkyl halides is 3. The van der Waals surface area contributed by atoms with Gasteiger partial charge in [0, 0.05) is 0 Å². The second kappa shape index (κ2) is 6.27. The molecular weight excluding hydrogens is 231 g/mol. The van der Waals surface area contributed by atoms with Crippen LogP contribution in [0.5, 0.6) is 0 Å². The summed E-state index contributed by atoms with van der Waals surface area (Å²) in [6.45, 7) is 2.49. The molecule has 0 aliphatic rings. The average molecular weight is 245 g/mol. The standard InChI is InChI=1S/C12H14F3NO/c1-2-3-7-17-16-9-10-5-4-6-11(8-10)12(13,14)15/h4-6,8-9H,2-3,7H2,1H3. The molecule has 0 saturated heterocycles. The normalized spacial score (nSPS) is 12.0. The largest absolute Gasteiger partial charge is 0.416 e. The number of nitrogens with zero attached hydrogens (tertiary/aromatic N) is 1. The highest BCUT2D eigenvalue weighted by Crippen LogP contribution is 2.29. The molecule has 0 radical (unpaired) electrons. The fourth-order valence-corrected chi connectivity index (χ4v) is 1.16. The number of unbranched alkanes of at least 4 members (excludes halogenated alkanes) is 1. The van der Waals surface area contributed by atoms with Crippen LogP contribution >= 0.6 is 0 Å². The van der Waals surface area contributed by atoms with Crippen LogP contribution < -0.4 is 0 Å². The molecule has 1 aromatic rings. The van der Waals surface area contributed by atoms with Crippen molar-refractivity contribution in [2.45, 2.75) is 25.9 Å². The Balaban J connectivity index is 2.60. The van der Waals surface area contributed by atoms with E-state index >= 15 is 0 Å². The number of oxime groups is 1. The summed E-state index contributed by atoms with van der Waals surface area (Å²) < 4.78 is 37.1. The van der Waals surface area contributed by atoms with Crippen molar-refractivity contribution in [3.8, 4) is 0 Å². The SMILES string of the molecule is CCCCON=Cc1cccc(C(F)(F)F)c1. The van der Waals surface area contributed by atoms with Crippen LogP contribution in [0, 0.1) is 0 Å². The van der Waals surface area contributed by atoms with Crippen LogP contribution in [0.2, 0.25) is 0 Å². The van der Waals surface area contributed by atoms with Gasteiger partial charge in [0.15, 0.2) is 0 Å². The van der Waals surface area contributed by atoms with Crippen LogP contribution in [-0.4, -0.2) is 12.8 Å². The first-order chi connectivity index (χ1) is 8.04. The Bertz CT molecular complexity index is 374. The third-order valence-corrected chi connectivity index (χ3v) is 2.08. The molecule has 0 fully saturated rings. The van der Waals surface area contributed by atoms with Crippen LogP contribution in [-0.2, 0) is 11.0 Å². The smallest absolute Gasteiger partial charge is 0.396 e. The summed E-state index contributed by atoms with van der Waals surface area (Å²) in [5.41, 5.74) is -0.314. The molecule has 0 saturated carbocycles. The summed E-state index contributed by atoms with van der Waals surface area (Å²) in [5.74, 6) is 0. The highest BCUT2D eigenvalue weighted by molar-refractivity contribution is 5.79. The van der Waals surface area contributed by atoms with Crippen molar-refractivity contribution in [1.29, 1.82) is 0 Å². The lowest BCUT2D eigenvalue weighted by Gasteiger charge is -2.06. The van der Waals surface area contributed by atoms with Crippen molar-refractivity contribution in [2.24, 2.45) is 5.16 Å². The van der Waals surface area contributed by atoms with Crippen LogP contribution in [0.25, 0.3) is 0 Å². The molecule has 0 aliphatic heterocycles. The quantitative estimate of drug-likeness (QED) is 0.438. The van der Waals surface area contributed by atoms with E-state index in [1.165, 1.54) is 12.3 Å². The zero-order valence-electron chi connectivity index (χ0n) is 9.50. The Morgan fingerprint density at radius 2 is 2.12 bits per heavy atom. The molecule has 0 atom stereocenters. The molecule has 0 aromatic heterocycles. The molecule has 0 bridgehead atoms. The molecule has 1 aromatic carbocycles. The molecule has 0 amide bonds. The molecule has 2 nitrogen and oxygen atoms in total. The van der Waals surface area contributed by atoms with Gasteiger partial charge in [0.05, 0.1) is 11.8 Å². The summed E-state index contributed by atoms with van der Waals surface area (Å²) in [6, 6.07) is 4.94.